The molecule has 114 valence electrons. The van der Waals surface area contributed by atoms with Crippen molar-refractivity contribution in [2.24, 2.45) is 0 Å². The summed E-state index contributed by atoms with van der Waals surface area (Å²) in [5.41, 5.74) is 0.830. The molecule has 2 aromatic rings. The molecular formula is C16H13FO5. The Morgan fingerprint density at radius 3 is 2.55 bits per heavy atom. The van der Waals surface area contributed by atoms with E-state index in [9.17, 15) is 19.1 Å². The summed E-state index contributed by atoms with van der Waals surface area (Å²) in [7, 11) is 1.07. The Morgan fingerprint density at radius 1 is 1.23 bits per heavy atom. The fraction of sp³-hybridized carbons (Fsp3) is 0.125. The molecule has 0 aliphatic carbocycles. The number of aliphatic hydroxyl groups excluding tert-OH is 1. The van der Waals surface area contributed by atoms with Crippen molar-refractivity contribution in [2.75, 3.05) is 7.11 Å². The summed E-state index contributed by atoms with van der Waals surface area (Å²) in [6, 6.07) is 9.00. The third-order valence-corrected chi connectivity index (χ3v) is 2.86. The molecule has 0 atom stereocenters. The van der Waals surface area contributed by atoms with Gasteiger partial charge in [-0.05, 0) is 29.8 Å². The Bertz CT molecular complexity index is 712. The van der Waals surface area contributed by atoms with Crippen LogP contribution < -0.4 is 0 Å². The molecule has 5 nitrogen and oxygen atoms in total. The summed E-state index contributed by atoms with van der Waals surface area (Å²) in [6.45, 7) is 0. The third-order valence-electron chi connectivity index (χ3n) is 2.86. The molecule has 1 aromatic heterocycles. The van der Waals surface area contributed by atoms with Crippen molar-refractivity contribution in [3.05, 3.63) is 65.4 Å². The molecule has 0 aliphatic heterocycles. The summed E-state index contributed by atoms with van der Waals surface area (Å²) in [5.74, 6) is -2.30. The van der Waals surface area contributed by atoms with Crippen LogP contribution in [0.1, 0.15) is 17.1 Å². The van der Waals surface area contributed by atoms with Gasteiger partial charge in [-0.25, -0.2) is 9.18 Å². The molecule has 1 heterocycles. The lowest BCUT2D eigenvalue weighted by atomic mass is 10.1. The normalized spacial score (nSPS) is 11.3. The number of benzene rings is 1. The number of aliphatic hydroxyl groups is 1. The van der Waals surface area contributed by atoms with Crippen LogP contribution in [-0.4, -0.2) is 24.0 Å². The number of ketones is 1. The summed E-state index contributed by atoms with van der Waals surface area (Å²) >= 11 is 0. The van der Waals surface area contributed by atoms with Crippen molar-refractivity contribution >= 4 is 17.5 Å². The Morgan fingerprint density at radius 2 is 1.91 bits per heavy atom. The maximum Gasteiger partial charge on any atom is 0.378 e. The van der Waals surface area contributed by atoms with E-state index >= 15 is 0 Å². The van der Waals surface area contributed by atoms with Crippen LogP contribution in [0, 0.1) is 5.82 Å². The highest BCUT2D eigenvalue weighted by Crippen LogP contribution is 2.18. The molecule has 0 bridgehead atoms. The fourth-order valence-electron chi connectivity index (χ4n) is 1.77. The number of carbonyl (C=O) groups excluding carboxylic acids is 2. The van der Waals surface area contributed by atoms with Gasteiger partial charge in [0.05, 0.1) is 7.11 Å². The van der Waals surface area contributed by atoms with E-state index in [1.807, 2.05) is 0 Å². The zero-order valence-electron chi connectivity index (χ0n) is 11.7. The molecule has 0 saturated carbocycles. The molecule has 6 heteroatoms. The van der Waals surface area contributed by atoms with E-state index < -0.39 is 17.5 Å². The van der Waals surface area contributed by atoms with Crippen molar-refractivity contribution < 1.29 is 28.2 Å². The third kappa shape index (κ3) is 3.82. The van der Waals surface area contributed by atoms with Crippen molar-refractivity contribution in [1.29, 1.82) is 0 Å². The Labute approximate surface area is 125 Å². The van der Waals surface area contributed by atoms with E-state index in [-0.39, 0.29) is 11.6 Å². The number of furan rings is 1. The summed E-state index contributed by atoms with van der Waals surface area (Å²) < 4.78 is 22.4. The van der Waals surface area contributed by atoms with Gasteiger partial charge in [0.15, 0.2) is 11.5 Å². The number of esters is 1. The Kier molecular flexibility index (Phi) is 4.73. The number of methoxy groups -OCH3 is 1. The Hall–Kier alpha value is -2.89. The first-order chi connectivity index (χ1) is 10.5. The maximum atomic E-state index is 12.8. The SMILES string of the molecule is COC(=O)C(=O)C=C(O)c1ccc(Cc2ccc(F)cc2)o1. The van der Waals surface area contributed by atoms with Crippen LogP contribution in [0.15, 0.2) is 46.9 Å². The van der Waals surface area contributed by atoms with Crippen LogP contribution in [0.25, 0.3) is 5.76 Å². The number of rotatable bonds is 5. The highest BCUT2D eigenvalue weighted by molar-refractivity contribution is 6.39. The van der Waals surface area contributed by atoms with Crippen LogP contribution in [0.2, 0.25) is 0 Å². The van der Waals surface area contributed by atoms with Gasteiger partial charge in [0, 0.05) is 12.5 Å². The number of halogens is 1. The van der Waals surface area contributed by atoms with Crippen molar-refractivity contribution in [3.8, 4) is 0 Å². The van der Waals surface area contributed by atoms with E-state index in [0.717, 1.165) is 18.7 Å². The van der Waals surface area contributed by atoms with Gasteiger partial charge in [0.25, 0.3) is 5.78 Å². The topological polar surface area (TPSA) is 76.7 Å². The first kappa shape index (κ1) is 15.5. The van der Waals surface area contributed by atoms with Gasteiger partial charge in [-0.3, -0.25) is 4.79 Å². The second kappa shape index (κ2) is 6.71. The highest BCUT2D eigenvalue weighted by atomic mass is 19.1. The van der Waals surface area contributed by atoms with E-state index in [2.05, 4.69) is 4.74 Å². The molecule has 0 fully saturated rings. The average molecular weight is 304 g/mol. The van der Waals surface area contributed by atoms with Crippen molar-refractivity contribution in [3.63, 3.8) is 0 Å². The Balaban J connectivity index is 2.10. The van der Waals surface area contributed by atoms with E-state index in [1.165, 1.54) is 18.2 Å². The van der Waals surface area contributed by atoms with Gasteiger partial charge >= 0.3 is 5.97 Å². The van der Waals surface area contributed by atoms with Crippen LogP contribution in [-0.2, 0) is 20.7 Å². The molecular weight excluding hydrogens is 291 g/mol. The summed E-state index contributed by atoms with van der Waals surface area (Å²) in [4.78, 5) is 22.3. The smallest absolute Gasteiger partial charge is 0.378 e. The van der Waals surface area contributed by atoms with Gasteiger partial charge in [-0.1, -0.05) is 12.1 Å². The number of ether oxygens (including phenoxy) is 1. The molecule has 0 unspecified atom stereocenters. The lowest BCUT2D eigenvalue weighted by molar-refractivity contribution is -0.149. The van der Waals surface area contributed by atoms with Crippen LogP contribution in [0.4, 0.5) is 4.39 Å². The van der Waals surface area contributed by atoms with Crippen molar-refractivity contribution in [2.45, 2.75) is 6.42 Å². The molecule has 0 amide bonds. The monoisotopic (exact) mass is 304 g/mol. The van der Waals surface area contributed by atoms with Crippen LogP contribution in [0.5, 0.6) is 0 Å². The second-order valence-electron chi connectivity index (χ2n) is 4.45. The quantitative estimate of drug-likeness (QED) is 0.398. The minimum absolute atomic E-state index is 0.0503. The van der Waals surface area contributed by atoms with E-state index in [0.29, 0.717) is 12.2 Å². The van der Waals surface area contributed by atoms with Gasteiger partial charge in [-0.2, -0.15) is 0 Å². The fourth-order valence-corrected chi connectivity index (χ4v) is 1.77. The van der Waals surface area contributed by atoms with Crippen LogP contribution >= 0.6 is 0 Å². The first-order valence-corrected chi connectivity index (χ1v) is 6.36. The molecule has 0 radical (unpaired) electrons. The molecule has 22 heavy (non-hydrogen) atoms. The molecule has 0 spiro atoms. The maximum absolute atomic E-state index is 12.8. The first-order valence-electron chi connectivity index (χ1n) is 6.36. The predicted octanol–water partition coefficient (Wildman–Crippen LogP) is 2.65. The van der Waals surface area contributed by atoms with Gasteiger partial charge in [-0.15, -0.1) is 0 Å². The molecule has 2 rings (SSSR count). The number of carbonyl (C=O) groups is 2. The number of hydrogen-bond donors (Lipinski definition) is 1. The standard InChI is InChI=1S/C16H13FO5/c1-21-16(20)14(19)9-13(18)15-7-6-12(22-15)8-10-2-4-11(17)5-3-10/h2-7,9,18H,8H2,1H3. The van der Waals surface area contributed by atoms with Gasteiger partial charge in [0.2, 0.25) is 0 Å². The average Bonchev–Trinajstić information content (AvgIpc) is 2.97. The molecule has 1 N–H and O–H groups in total. The van der Waals surface area contributed by atoms with E-state index in [4.69, 9.17) is 4.42 Å². The predicted molar refractivity (Wildman–Crippen MR) is 75.5 cm³/mol. The lowest BCUT2D eigenvalue weighted by Gasteiger charge is -1.99. The summed E-state index contributed by atoms with van der Waals surface area (Å²) in [5, 5.41) is 9.74. The minimum Gasteiger partial charge on any atom is -0.504 e. The largest absolute Gasteiger partial charge is 0.504 e. The highest BCUT2D eigenvalue weighted by Gasteiger charge is 2.14. The van der Waals surface area contributed by atoms with E-state index in [1.54, 1.807) is 18.2 Å². The summed E-state index contributed by atoms with van der Waals surface area (Å²) in [6.07, 6.45) is 1.13. The lowest BCUT2D eigenvalue weighted by Crippen LogP contribution is -2.12. The zero-order valence-corrected chi connectivity index (χ0v) is 11.7. The molecule has 1 aromatic carbocycles. The molecule has 0 aliphatic rings. The van der Waals surface area contributed by atoms with Gasteiger partial charge in [0.1, 0.15) is 11.6 Å². The van der Waals surface area contributed by atoms with Gasteiger partial charge < -0.3 is 14.3 Å². The molecule has 0 saturated heterocycles. The number of hydrogen-bond acceptors (Lipinski definition) is 5. The van der Waals surface area contributed by atoms with Crippen molar-refractivity contribution in [1.82, 2.24) is 0 Å². The minimum atomic E-state index is -1.08. The second-order valence-corrected chi connectivity index (χ2v) is 4.45. The zero-order chi connectivity index (χ0) is 16.1. The van der Waals surface area contributed by atoms with Crippen LogP contribution in [0.3, 0.4) is 0 Å².